The maximum absolute atomic E-state index is 7.25. The number of hydrogen-bond acceptors (Lipinski definition) is 6. The van der Waals surface area contributed by atoms with E-state index in [9.17, 15) is 0 Å². The van der Waals surface area contributed by atoms with Gasteiger partial charge in [0.15, 0.2) is 0 Å². The molecule has 2 aromatic carbocycles. The second-order valence-electron chi connectivity index (χ2n) is 5.23. The van der Waals surface area contributed by atoms with E-state index in [1.807, 2.05) is 60.7 Å². The summed E-state index contributed by atoms with van der Waals surface area (Å²) in [6, 6.07) is 19.2. The summed E-state index contributed by atoms with van der Waals surface area (Å²) >= 11 is 9.62. The van der Waals surface area contributed by atoms with Crippen LogP contribution in [0.2, 0.25) is 0 Å². The third-order valence-electron chi connectivity index (χ3n) is 4.17. The molecule has 0 bridgehead atoms. The van der Waals surface area contributed by atoms with Gasteiger partial charge < -0.3 is 29.7 Å². The first kappa shape index (κ1) is 48.6. The third kappa shape index (κ3) is 35.1. The average molecular weight is 580 g/mol. The summed E-state index contributed by atoms with van der Waals surface area (Å²) in [5, 5.41) is 0. The number of nitrogens with zero attached hydrogens (tertiary/aromatic N) is 5. The molecule has 0 heterocycles. The van der Waals surface area contributed by atoms with Gasteiger partial charge in [0.25, 0.3) is 0 Å². The van der Waals surface area contributed by atoms with Gasteiger partial charge in [-0.2, -0.15) is 9.79 Å². The molecule has 0 spiro atoms. The fraction of sp³-hybridized carbons (Fsp3) is 0.400. The van der Waals surface area contributed by atoms with Crippen LogP contribution in [0, 0.1) is 19.6 Å². The molecule has 0 saturated carbocycles. The quantitative estimate of drug-likeness (QED) is 0.307. The molecule has 2 rings (SSSR count). The molecule has 0 N–H and O–H groups in total. The van der Waals surface area contributed by atoms with Crippen molar-refractivity contribution in [2.24, 2.45) is 0 Å². The van der Waals surface area contributed by atoms with E-state index in [0.717, 1.165) is 9.79 Å². The summed E-state index contributed by atoms with van der Waals surface area (Å²) in [5.74, 6) is 0. The summed E-state index contributed by atoms with van der Waals surface area (Å²) in [6.45, 7) is 14.2. The van der Waals surface area contributed by atoms with Crippen LogP contribution >= 0.6 is 0 Å². The Morgan fingerprint density at radius 1 is 0.515 bits per heavy atom. The van der Waals surface area contributed by atoms with Crippen LogP contribution in [0.1, 0.15) is 27.7 Å². The van der Waals surface area contributed by atoms with E-state index in [1.54, 1.807) is 0 Å². The van der Waals surface area contributed by atoms with Crippen molar-refractivity contribution in [1.29, 1.82) is 0 Å². The van der Waals surface area contributed by atoms with E-state index in [0.29, 0.717) is 0 Å². The van der Waals surface area contributed by atoms with Crippen molar-refractivity contribution in [1.82, 2.24) is 22.4 Å². The van der Waals surface area contributed by atoms with Crippen LogP contribution in [0.3, 0.4) is 0 Å². The van der Waals surface area contributed by atoms with Crippen molar-refractivity contribution in [3.05, 3.63) is 80.3 Å². The number of nitroso groups, excluding NO2 is 4. The van der Waals surface area contributed by atoms with E-state index in [4.69, 9.17) is 67.3 Å². The molecule has 0 aliphatic carbocycles. The molecule has 188 valence electrons. The molecule has 13 heteroatoms. The maximum Gasteiger partial charge on any atom is 0.120 e. The largest absolute Gasteiger partial charge is 0.780 e. The van der Waals surface area contributed by atoms with Gasteiger partial charge in [-0.05, 0) is 27.7 Å². The molecule has 2 aromatic rings. The Morgan fingerprint density at radius 3 is 0.758 bits per heavy atom. The molecular weight excluding hydrogens is 550 g/mol. The van der Waals surface area contributed by atoms with Gasteiger partial charge in [-0.3, -0.25) is 0 Å². The van der Waals surface area contributed by atoms with Gasteiger partial charge in [0.1, 0.15) is 22.4 Å². The minimum Gasteiger partial charge on any atom is -0.780 e. The SMILES string of the molecule is CC[N+](CC)(CC)CC.[Fe].[Fe].[N]=O.[N]=O.[N]=O.[N]=O.[S-]c1ccccc1.[S-]c1ccccc1. The van der Waals surface area contributed by atoms with Crippen molar-refractivity contribution < 1.29 is 38.6 Å². The van der Waals surface area contributed by atoms with Gasteiger partial charge in [0.2, 0.25) is 0 Å². The zero-order valence-electron chi connectivity index (χ0n) is 19.0. The minimum atomic E-state index is 0. The van der Waals surface area contributed by atoms with Gasteiger partial charge in [-0.15, -0.1) is 19.6 Å². The second kappa shape index (κ2) is 44.0. The van der Waals surface area contributed by atoms with Gasteiger partial charge >= 0.3 is 0 Å². The van der Waals surface area contributed by atoms with Crippen molar-refractivity contribution in [3.8, 4) is 0 Å². The summed E-state index contributed by atoms with van der Waals surface area (Å²) in [5.41, 5.74) is 23.0. The molecule has 0 fully saturated rings. The topological polar surface area (TPSA) is 157 Å². The average Bonchev–Trinajstić information content (AvgIpc) is 2.88. The molecule has 0 aliphatic rings. The van der Waals surface area contributed by atoms with Gasteiger partial charge in [-0.1, -0.05) is 60.7 Å². The summed E-state index contributed by atoms with van der Waals surface area (Å²) < 4.78 is 1.28. The zero-order chi connectivity index (χ0) is 25.6. The Bertz CT molecular complexity index is 516. The fourth-order valence-electron chi connectivity index (χ4n) is 2.18. The van der Waals surface area contributed by atoms with Gasteiger partial charge in [0.05, 0.1) is 26.2 Å². The van der Waals surface area contributed by atoms with Gasteiger partial charge in [0, 0.05) is 34.1 Å². The predicted molar refractivity (Wildman–Crippen MR) is 129 cm³/mol. The van der Waals surface area contributed by atoms with Crippen LogP contribution in [0.4, 0.5) is 0 Å². The Balaban J connectivity index is -0.0000000520. The third-order valence-corrected chi connectivity index (χ3v) is 4.71. The van der Waals surface area contributed by atoms with Crippen molar-refractivity contribution >= 4 is 25.3 Å². The first-order valence-corrected chi connectivity index (χ1v) is 9.87. The normalized spacial score (nSPS) is 7.39. The number of quaternary nitrogens is 1. The predicted octanol–water partition coefficient (Wildman–Crippen LogP) is 3.27. The van der Waals surface area contributed by atoms with Crippen molar-refractivity contribution in [2.45, 2.75) is 37.5 Å². The van der Waals surface area contributed by atoms with Crippen LogP contribution in [0.5, 0.6) is 0 Å². The molecule has 4 radical (unpaired) electrons. The first-order valence-electron chi connectivity index (χ1n) is 9.05. The van der Waals surface area contributed by atoms with Crippen LogP contribution < -0.4 is 22.4 Å². The Labute approximate surface area is 229 Å². The standard InChI is InChI=1S/C8H20N.2C6H6S.2Fe.4NO/c1-5-9(6-2,7-3)8-4;2*7-6-4-2-1-3-5-6;;;4*1-2/h5-8H2,1-4H3;2*1-5,7H;;;;;;/q+1;;;;;;;;/p-2. The van der Waals surface area contributed by atoms with Crippen LogP contribution in [0.15, 0.2) is 70.5 Å². The molecule has 0 amide bonds. The molecule has 0 aliphatic heterocycles. The maximum atomic E-state index is 7.25. The number of rotatable bonds is 4. The zero-order valence-corrected chi connectivity index (χ0v) is 22.8. The molecule has 0 saturated heterocycles. The summed E-state index contributed by atoms with van der Waals surface area (Å²) in [6.07, 6.45) is 0. The van der Waals surface area contributed by atoms with Crippen LogP contribution in [0.25, 0.3) is 0 Å². The minimum absolute atomic E-state index is 0. The van der Waals surface area contributed by atoms with Crippen molar-refractivity contribution in [2.75, 3.05) is 26.2 Å². The first-order chi connectivity index (χ1) is 15.0. The van der Waals surface area contributed by atoms with E-state index >= 15 is 0 Å². The Kier molecular flexibility index (Phi) is 64.9. The number of hydrogen-bond donors (Lipinski definition) is 0. The number of benzene rings is 2. The van der Waals surface area contributed by atoms with E-state index in [1.165, 1.54) is 30.7 Å². The van der Waals surface area contributed by atoms with E-state index < -0.39 is 0 Å². The van der Waals surface area contributed by atoms with Crippen LogP contribution in [-0.4, -0.2) is 30.7 Å². The monoisotopic (exact) mass is 580 g/mol. The van der Waals surface area contributed by atoms with E-state index in [-0.39, 0.29) is 34.1 Å². The second-order valence-corrected chi connectivity index (χ2v) is 6.18. The molecule has 0 aromatic heterocycles. The summed E-state index contributed by atoms with van der Waals surface area (Å²) in [4.78, 5) is 30.8. The smallest absolute Gasteiger partial charge is 0.120 e. The summed E-state index contributed by atoms with van der Waals surface area (Å²) in [7, 11) is 0. The van der Waals surface area contributed by atoms with Gasteiger partial charge in [-0.25, -0.2) is 0 Å². The molecule has 0 atom stereocenters. The van der Waals surface area contributed by atoms with E-state index in [2.05, 4.69) is 27.7 Å². The fourth-order valence-corrected chi connectivity index (χ4v) is 2.50. The Hall–Kier alpha value is -1.72. The molecule has 9 nitrogen and oxygen atoms in total. The molecule has 0 unspecified atom stereocenters. The van der Waals surface area contributed by atoms with Crippen molar-refractivity contribution in [3.63, 3.8) is 0 Å². The Morgan fingerprint density at radius 2 is 0.697 bits per heavy atom. The molecular formula is C20H30Fe2N5O4S2-. The molecule has 33 heavy (non-hydrogen) atoms. The van der Waals surface area contributed by atoms with Crippen LogP contribution in [-0.2, 0) is 59.4 Å².